The van der Waals surface area contributed by atoms with Gasteiger partial charge in [0.2, 0.25) is 0 Å². The molecule has 2 aliphatic heterocycles. The Kier molecular flexibility index (Phi) is 8.53. The second-order valence-electron chi connectivity index (χ2n) is 8.26. The van der Waals surface area contributed by atoms with E-state index in [4.69, 9.17) is 23.0 Å². The molecule has 10 unspecified atom stereocenters. The van der Waals surface area contributed by atoms with Crippen molar-refractivity contribution < 1.29 is 47.1 Å². The van der Waals surface area contributed by atoms with Crippen LogP contribution in [0.15, 0.2) is 0 Å². The van der Waals surface area contributed by atoms with Crippen molar-refractivity contribution in [2.45, 2.75) is 83.8 Å². The number of hydrogen-bond acceptors (Lipinski definition) is 8. The first-order chi connectivity index (χ1) is 13.2. The highest BCUT2D eigenvalue weighted by Crippen LogP contribution is 2.52. The molecule has 0 amide bonds. The SMILES string of the molecule is CC1OC(COP(=O)(O)OCC2OC(C)C(C)C2OP(=O)(O)C(C)C)C(O)C1C. The first kappa shape index (κ1) is 25.4. The van der Waals surface area contributed by atoms with Gasteiger partial charge in [0.15, 0.2) is 0 Å². The van der Waals surface area contributed by atoms with Crippen LogP contribution in [0.2, 0.25) is 0 Å². The number of phosphoric ester groups is 1. The van der Waals surface area contributed by atoms with E-state index < -0.39 is 45.5 Å². The number of hydrogen-bond donors (Lipinski definition) is 3. The lowest BCUT2D eigenvalue weighted by molar-refractivity contribution is -0.0321. The largest absolute Gasteiger partial charge is 0.472 e. The van der Waals surface area contributed by atoms with E-state index in [1.165, 1.54) is 0 Å². The van der Waals surface area contributed by atoms with Crippen LogP contribution in [0, 0.1) is 11.8 Å². The third-order valence-electron chi connectivity index (χ3n) is 5.79. The summed E-state index contributed by atoms with van der Waals surface area (Å²) in [5, 5.41) is 10.1. The number of aliphatic hydroxyl groups excluding tert-OH is 1. The fourth-order valence-electron chi connectivity index (χ4n) is 3.28. The summed E-state index contributed by atoms with van der Waals surface area (Å²) < 4.78 is 51.2. The maximum atomic E-state index is 12.3. The third kappa shape index (κ3) is 6.32. The van der Waals surface area contributed by atoms with Crippen molar-refractivity contribution in [2.75, 3.05) is 13.2 Å². The van der Waals surface area contributed by atoms with Gasteiger partial charge in [0.05, 0.1) is 37.2 Å². The zero-order chi connectivity index (χ0) is 22.1. The average Bonchev–Trinajstić information content (AvgIpc) is 3.02. The Morgan fingerprint density at radius 3 is 1.86 bits per heavy atom. The molecule has 10 atom stereocenters. The maximum absolute atomic E-state index is 12.3. The third-order valence-corrected chi connectivity index (χ3v) is 8.59. The molecular formula is C17H34O10P2. The van der Waals surface area contributed by atoms with Crippen molar-refractivity contribution >= 4 is 15.4 Å². The molecule has 2 heterocycles. The average molecular weight is 460 g/mol. The lowest BCUT2D eigenvalue weighted by Crippen LogP contribution is -2.32. The highest BCUT2D eigenvalue weighted by atomic mass is 31.2. The van der Waals surface area contributed by atoms with E-state index in [0.29, 0.717) is 0 Å². The van der Waals surface area contributed by atoms with Crippen LogP contribution in [-0.2, 0) is 32.2 Å². The minimum Gasteiger partial charge on any atom is -0.390 e. The van der Waals surface area contributed by atoms with Gasteiger partial charge in [0.25, 0.3) is 0 Å². The molecule has 0 aliphatic carbocycles. The molecule has 0 radical (unpaired) electrons. The fourth-order valence-corrected chi connectivity index (χ4v) is 4.95. The summed E-state index contributed by atoms with van der Waals surface area (Å²) in [5.41, 5.74) is -0.595. The van der Waals surface area contributed by atoms with Gasteiger partial charge in [0, 0.05) is 11.8 Å². The molecule has 0 aromatic rings. The zero-order valence-corrected chi connectivity index (χ0v) is 19.5. The summed E-state index contributed by atoms with van der Waals surface area (Å²) in [5.74, 6) is -0.336. The molecule has 2 fully saturated rings. The molecule has 3 N–H and O–H groups in total. The molecule has 172 valence electrons. The van der Waals surface area contributed by atoms with Crippen LogP contribution in [0.1, 0.15) is 41.5 Å². The molecule has 0 aromatic heterocycles. The highest BCUT2D eigenvalue weighted by molar-refractivity contribution is 7.53. The molecule has 0 aromatic carbocycles. The first-order valence-electron chi connectivity index (χ1n) is 9.87. The minimum absolute atomic E-state index is 0.120. The molecule has 2 rings (SSSR count). The molecule has 0 spiro atoms. The monoisotopic (exact) mass is 460 g/mol. The number of ether oxygens (including phenoxy) is 2. The Morgan fingerprint density at radius 1 is 0.897 bits per heavy atom. The standard InChI is InChI=1S/C17H34O10P2/c1-9(2)28(19,20)27-17-11(4)13(6)26-15(17)8-24-29(21,22)23-7-14-16(18)10(3)12(5)25-14/h9-18H,7-8H2,1-6H3,(H,19,20)(H,21,22). The van der Waals surface area contributed by atoms with Crippen LogP contribution in [0.5, 0.6) is 0 Å². The van der Waals surface area contributed by atoms with Crippen LogP contribution < -0.4 is 0 Å². The van der Waals surface area contributed by atoms with Crippen molar-refractivity contribution in [3.8, 4) is 0 Å². The molecule has 2 aliphatic rings. The van der Waals surface area contributed by atoms with Crippen LogP contribution in [0.3, 0.4) is 0 Å². The lowest BCUT2D eigenvalue weighted by atomic mass is 10.00. The maximum Gasteiger partial charge on any atom is 0.472 e. The van der Waals surface area contributed by atoms with Gasteiger partial charge >= 0.3 is 15.4 Å². The quantitative estimate of drug-likeness (QED) is 0.439. The second-order valence-corrected chi connectivity index (χ2v) is 12.1. The normalized spacial score (nSPS) is 42.1. The van der Waals surface area contributed by atoms with Gasteiger partial charge in [-0.1, -0.05) is 27.7 Å². The van der Waals surface area contributed by atoms with E-state index in [9.17, 15) is 24.0 Å². The Hall–Kier alpha value is 0.140. The number of rotatable bonds is 9. The molecule has 10 nitrogen and oxygen atoms in total. The smallest absolute Gasteiger partial charge is 0.390 e. The van der Waals surface area contributed by atoms with Gasteiger partial charge in [-0.25, -0.2) is 4.57 Å². The van der Waals surface area contributed by atoms with Crippen LogP contribution in [0.25, 0.3) is 0 Å². The summed E-state index contributed by atoms with van der Waals surface area (Å²) in [6.07, 6.45) is -3.60. The van der Waals surface area contributed by atoms with Gasteiger partial charge in [-0.2, -0.15) is 0 Å². The molecule has 0 bridgehead atoms. The van der Waals surface area contributed by atoms with Crippen molar-refractivity contribution in [1.29, 1.82) is 0 Å². The Morgan fingerprint density at radius 2 is 1.38 bits per heavy atom. The van der Waals surface area contributed by atoms with E-state index in [2.05, 4.69) is 0 Å². The summed E-state index contributed by atoms with van der Waals surface area (Å²) in [4.78, 5) is 20.0. The Balaban J connectivity index is 1.92. The van der Waals surface area contributed by atoms with Crippen LogP contribution in [-0.4, -0.2) is 70.4 Å². The summed E-state index contributed by atoms with van der Waals surface area (Å²) in [6.45, 7) is 9.72. The van der Waals surface area contributed by atoms with Gasteiger partial charge in [-0.15, -0.1) is 0 Å². The fraction of sp³-hybridized carbons (Fsp3) is 1.00. The zero-order valence-electron chi connectivity index (χ0n) is 17.7. The van der Waals surface area contributed by atoms with Crippen molar-refractivity contribution in [3.05, 3.63) is 0 Å². The molecular weight excluding hydrogens is 426 g/mol. The van der Waals surface area contributed by atoms with Crippen molar-refractivity contribution in [3.63, 3.8) is 0 Å². The lowest BCUT2D eigenvalue weighted by Gasteiger charge is -2.26. The van der Waals surface area contributed by atoms with Gasteiger partial charge in [-0.3, -0.25) is 13.6 Å². The topological polar surface area (TPSA) is 141 Å². The van der Waals surface area contributed by atoms with E-state index in [-0.39, 0.29) is 37.3 Å². The minimum atomic E-state index is -4.46. The predicted molar refractivity (Wildman–Crippen MR) is 105 cm³/mol. The van der Waals surface area contributed by atoms with Crippen LogP contribution >= 0.6 is 15.4 Å². The van der Waals surface area contributed by atoms with Gasteiger partial charge in [0.1, 0.15) is 18.3 Å². The summed E-state index contributed by atoms with van der Waals surface area (Å²) in [7, 11) is -8.33. The second kappa shape index (κ2) is 9.74. The van der Waals surface area contributed by atoms with E-state index in [0.717, 1.165) is 0 Å². The van der Waals surface area contributed by atoms with Crippen molar-refractivity contribution in [1.82, 2.24) is 0 Å². The summed E-state index contributed by atoms with van der Waals surface area (Å²) in [6, 6.07) is 0. The molecule has 12 heteroatoms. The van der Waals surface area contributed by atoms with Gasteiger partial charge in [-0.05, 0) is 13.8 Å². The molecule has 29 heavy (non-hydrogen) atoms. The van der Waals surface area contributed by atoms with Crippen LogP contribution in [0.4, 0.5) is 0 Å². The van der Waals surface area contributed by atoms with Crippen molar-refractivity contribution in [2.24, 2.45) is 11.8 Å². The Bertz CT molecular complexity index is 644. The Labute approximate surface area is 172 Å². The number of phosphoric acid groups is 1. The van der Waals surface area contributed by atoms with Gasteiger partial charge < -0.3 is 28.9 Å². The first-order valence-corrected chi connectivity index (χ1v) is 13.0. The molecule has 2 saturated heterocycles. The summed E-state index contributed by atoms with van der Waals surface area (Å²) >= 11 is 0. The van der Waals surface area contributed by atoms with E-state index >= 15 is 0 Å². The molecule has 0 saturated carbocycles. The van der Waals surface area contributed by atoms with E-state index in [1.807, 2.05) is 13.8 Å². The number of aliphatic hydroxyl groups is 1. The predicted octanol–water partition coefficient (Wildman–Crippen LogP) is 2.31. The van der Waals surface area contributed by atoms with E-state index in [1.54, 1.807) is 27.7 Å². The highest BCUT2D eigenvalue weighted by Gasteiger charge is 2.46.